The van der Waals surface area contributed by atoms with E-state index in [1.54, 1.807) is 20.1 Å². The largest absolute Gasteiger partial charge is 0.497 e. The van der Waals surface area contributed by atoms with E-state index in [9.17, 15) is 15.3 Å². The molecule has 4 aliphatic rings. The molecule has 0 aromatic carbocycles. The lowest BCUT2D eigenvalue weighted by atomic mass is 9.50. The highest BCUT2D eigenvalue weighted by Crippen LogP contribution is 2.63. The Hall–Kier alpha value is -1.36. The first-order chi connectivity index (χ1) is 14.1. The number of hydrogen-bond donors (Lipinski definition) is 3. The first kappa shape index (κ1) is 21.9. The van der Waals surface area contributed by atoms with Gasteiger partial charge in [-0.25, -0.2) is 0 Å². The fourth-order valence-corrected chi connectivity index (χ4v) is 6.49. The van der Waals surface area contributed by atoms with E-state index in [0.29, 0.717) is 37.7 Å². The minimum atomic E-state index is -0.711. The Kier molecular flexibility index (Phi) is 5.57. The Morgan fingerprint density at radius 2 is 1.97 bits per heavy atom. The lowest BCUT2D eigenvalue weighted by molar-refractivity contribution is -0.0492. The van der Waals surface area contributed by atoms with Crippen molar-refractivity contribution in [3.05, 3.63) is 47.3 Å². The molecule has 4 rings (SSSR count). The summed E-state index contributed by atoms with van der Waals surface area (Å²) in [6.07, 6.45) is 14.5. The zero-order valence-corrected chi connectivity index (χ0v) is 18.9. The number of hydrogen-bond acceptors (Lipinski definition) is 4. The summed E-state index contributed by atoms with van der Waals surface area (Å²) in [5.41, 5.74) is 3.22. The van der Waals surface area contributed by atoms with Gasteiger partial charge in [-0.3, -0.25) is 0 Å². The van der Waals surface area contributed by atoms with Crippen molar-refractivity contribution in [1.82, 2.24) is 0 Å². The van der Waals surface area contributed by atoms with Crippen molar-refractivity contribution in [3.63, 3.8) is 0 Å². The maximum atomic E-state index is 11.0. The van der Waals surface area contributed by atoms with Crippen LogP contribution in [0, 0.1) is 22.7 Å². The van der Waals surface area contributed by atoms with Gasteiger partial charge in [0, 0.05) is 11.8 Å². The van der Waals surface area contributed by atoms with Crippen molar-refractivity contribution in [3.8, 4) is 0 Å². The molecule has 2 saturated carbocycles. The number of fused-ring (bicyclic) bond motifs is 5. The van der Waals surface area contributed by atoms with Gasteiger partial charge in [-0.1, -0.05) is 43.2 Å². The lowest BCUT2D eigenvalue weighted by Gasteiger charge is -2.55. The van der Waals surface area contributed by atoms with Gasteiger partial charge < -0.3 is 20.1 Å². The first-order valence-electron chi connectivity index (χ1n) is 11.5. The quantitative estimate of drug-likeness (QED) is 0.460. The zero-order chi connectivity index (χ0) is 21.7. The second-order valence-electron chi connectivity index (χ2n) is 11.0. The molecule has 4 nitrogen and oxygen atoms in total. The average Bonchev–Trinajstić information content (AvgIpc) is 2.98. The fourth-order valence-electron chi connectivity index (χ4n) is 6.49. The number of aliphatic hydroxyl groups is 3. The molecule has 0 saturated heterocycles. The van der Waals surface area contributed by atoms with Crippen LogP contribution in [0.25, 0.3) is 0 Å². The lowest BCUT2D eigenvalue weighted by Crippen LogP contribution is -2.52. The van der Waals surface area contributed by atoms with Gasteiger partial charge in [0.25, 0.3) is 0 Å². The third-order valence-corrected chi connectivity index (χ3v) is 8.44. The van der Waals surface area contributed by atoms with E-state index < -0.39 is 17.8 Å². The summed E-state index contributed by atoms with van der Waals surface area (Å²) < 4.78 is 5.84. The third-order valence-electron chi connectivity index (χ3n) is 8.44. The summed E-state index contributed by atoms with van der Waals surface area (Å²) in [6.45, 7) is 8.78. The van der Waals surface area contributed by atoms with E-state index in [0.717, 1.165) is 19.3 Å². The highest BCUT2D eigenvalue weighted by atomic mass is 16.5. The molecule has 0 aromatic heterocycles. The van der Waals surface area contributed by atoms with Crippen molar-refractivity contribution in [2.24, 2.45) is 22.7 Å². The smallest absolute Gasteiger partial charge is 0.109 e. The Labute approximate surface area is 181 Å². The molecule has 30 heavy (non-hydrogen) atoms. The molecule has 0 amide bonds. The Balaban J connectivity index is 1.49. The Morgan fingerprint density at radius 3 is 2.70 bits per heavy atom. The van der Waals surface area contributed by atoms with E-state index >= 15 is 0 Å². The second kappa shape index (κ2) is 7.65. The van der Waals surface area contributed by atoms with Crippen LogP contribution in [-0.4, -0.2) is 39.7 Å². The number of allylic oxidation sites excluding steroid dienone is 4. The van der Waals surface area contributed by atoms with Crippen LogP contribution >= 0.6 is 0 Å². The van der Waals surface area contributed by atoms with Crippen molar-refractivity contribution in [2.75, 3.05) is 6.61 Å². The molecule has 0 bridgehead atoms. The van der Waals surface area contributed by atoms with Crippen molar-refractivity contribution >= 4 is 0 Å². The van der Waals surface area contributed by atoms with Gasteiger partial charge in [-0.2, -0.15) is 0 Å². The van der Waals surface area contributed by atoms with Crippen LogP contribution in [0.5, 0.6) is 0 Å². The predicted octanol–water partition coefficient (Wildman–Crippen LogP) is 4.43. The van der Waals surface area contributed by atoms with E-state index in [1.807, 2.05) is 6.08 Å². The maximum absolute atomic E-state index is 11.0. The van der Waals surface area contributed by atoms with Gasteiger partial charge >= 0.3 is 0 Å². The number of aliphatic hydroxyl groups excluding tert-OH is 2. The maximum Gasteiger partial charge on any atom is 0.109 e. The monoisotopic (exact) mass is 414 g/mol. The van der Waals surface area contributed by atoms with Gasteiger partial charge in [0.15, 0.2) is 0 Å². The molecule has 4 heteroatoms. The molecule has 6 atom stereocenters. The van der Waals surface area contributed by atoms with Crippen LogP contribution in [0.2, 0.25) is 0 Å². The molecule has 3 N–H and O–H groups in total. The zero-order valence-electron chi connectivity index (χ0n) is 18.9. The van der Waals surface area contributed by atoms with Crippen molar-refractivity contribution < 1.29 is 20.1 Å². The average molecular weight is 415 g/mol. The van der Waals surface area contributed by atoms with Crippen LogP contribution in [0.1, 0.15) is 66.2 Å². The van der Waals surface area contributed by atoms with Gasteiger partial charge in [-0.05, 0) is 74.9 Å². The molecule has 0 aromatic rings. The third kappa shape index (κ3) is 3.61. The van der Waals surface area contributed by atoms with Crippen LogP contribution in [0.4, 0.5) is 0 Å². The fraction of sp³-hybridized carbons (Fsp3) is 0.692. The summed E-state index contributed by atoms with van der Waals surface area (Å²) in [5, 5.41) is 30.9. The van der Waals surface area contributed by atoms with E-state index in [4.69, 9.17) is 4.74 Å². The summed E-state index contributed by atoms with van der Waals surface area (Å²) >= 11 is 0. The molecular weight excluding hydrogens is 376 g/mol. The van der Waals surface area contributed by atoms with Crippen molar-refractivity contribution in [1.29, 1.82) is 0 Å². The van der Waals surface area contributed by atoms with Gasteiger partial charge in [0.2, 0.25) is 0 Å². The van der Waals surface area contributed by atoms with Crippen LogP contribution in [-0.2, 0) is 4.74 Å². The summed E-state index contributed by atoms with van der Waals surface area (Å²) in [5.74, 6) is 0.822. The van der Waals surface area contributed by atoms with Crippen LogP contribution in [0.15, 0.2) is 47.3 Å². The molecule has 0 radical (unpaired) electrons. The number of ether oxygens (including phenoxy) is 1. The van der Waals surface area contributed by atoms with E-state index in [-0.39, 0.29) is 10.8 Å². The SMILES string of the molecule is CC(C)(O)C/C=C\OCC1=CC[C@H]2C3=CC=C4C[C@@H](O)C[C@H](O)[C@]4(C)[C@H]3CC[C@]12C. The van der Waals surface area contributed by atoms with Gasteiger partial charge in [0.1, 0.15) is 6.61 Å². The Bertz CT molecular complexity index is 798. The predicted molar refractivity (Wildman–Crippen MR) is 119 cm³/mol. The van der Waals surface area contributed by atoms with Gasteiger partial charge in [0.05, 0.1) is 24.1 Å². The second-order valence-corrected chi connectivity index (χ2v) is 11.0. The molecule has 166 valence electrons. The molecule has 0 spiro atoms. The van der Waals surface area contributed by atoms with E-state index in [1.165, 1.54) is 16.7 Å². The topological polar surface area (TPSA) is 69.9 Å². The minimum absolute atomic E-state index is 0.104. The summed E-state index contributed by atoms with van der Waals surface area (Å²) in [6, 6.07) is 0. The van der Waals surface area contributed by atoms with Crippen molar-refractivity contribution in [2.45, 2.75) is 84.0 Å². The van der Waals surface area contributed by atoms with Gasteiger partial charge in [-0.15, -0.1) is 0 Å². The highest BCUT2D eigenvalue weighted by molar-refractivity contribution is 5.43. The normalized spacial score (nSPS) is 40.8. The molecular formula is C26H38O4. The summed E-state index contributed by atoms with van der Waals surface area (Å²) in [4.78, 5) is 0. The molecule has 0 aliphatic heterocycles. The minimum Gasteiger partial charge on any atom is -0.497 e. The molecule has 0 unspecified atom stereocenters. The number of rotatable bonds is 5. The summed E-state index contributed by atoms with van der Waals surface area (Å²) in [7, 11) is 0. The van der Waals surface area contributed by atoms with Crippen LogP contribution < -0.4 is 0 Å². The molecule has 2 fully saturated rings. The Morgan fingerprint density at radius 1 is 1.20 bits per heavy atom. The molecule has 4 aliphatic carbocycles. The first-order valence-corrected chi connectivity index (χ1v) is 11.5. The molecule has 0 heterocycles. The van der Waals surface area contributed by atoms with Crippen LogP contribution in [0.3, 0.4) is 0 Å². The van der Waals surface area contributed by atoms with E-state index in [2.05, 4.69) is 32.1 Å². The highest BCUT2D eigenvalue weighted by Gasteiger charge is 2.56. The standard InChI is InChI=1S/C26H38O4/c1-24(2,29)11-5-13-30-16-18-7-9-21-20-8-6-17-14-19(27)15-23(28)26(17,4)22(20)10-12-25(18,21)3/h5-8,13,19,21-23,27-29H,9-12,14-16H2,1-4H3/b13-5-/t19-,21+,22+,23+,25-,26+/m1/s1.